The van der Waals surface area contributed by atoms with Gasteiger partial charge in [0, 0.05) is 0 Å². The number of hydrogen-bond donors (Lipinski definition) is 4. The fraction of sp³-hybridized carbons (Fsp3) is 0.385. The zero-order valence-corrected chi connectivity index (χ0v) is 11.0. The molecule has 6 nitrogen and oxygen atoms in total. The summed E-state index contributed by atoms with van der Waals surface area (Å²) in [5, 5.41) is 19.2. The number of carboxylic acid groups (broad SMARTS) is 2. The minimum Gasteiger partial charge on any atom is -0.480 e. The Labute approximate surface area is 112 Å². The molecule has 0 saturated carbocycles. The Morgan fingerprint density at radius 1 is 1.21 bits per heavy atom. The largest absolute Gasteiger partial charge is 0.480 e. The SMILES string of the molecule is CN[C@@H](C)C(=O)O.N[C@@H](Cc1ccccc1)C(=O)O. The minimum absolute atomic E-state index is 0.385. The molecule has 5 N–H and O–H groups in total. The van der Waals surface area contributed by atoms with E-state index < -0.39 is 24.0 Å². The van der Waals surface area contributed by atoms with Crippen molar-refractivity contribution in [2.24, 2.45) is 5.73 Å². The summed E-state index contributed by atoms with van der Waals surface area (Å²) in [5.74, 6) is -1.78. The molecule has 0 aliphatic carbocycles. The molecular formula is C13H20N2O4. The van der Waals surface area contributed by atoms with Gasteiger partial charge in [0.05, 0.1) is 0 Å². The van der Waals surface area contributed by atoms with Crippen LogP contribution in [0.4, 0.5) is 0 Å². The molecule has 0 radical (unpaired) electrons. The maximum atomic E-state index is 10.4. The van der Waals surface area contributed by atoms with E-state index in [2.05, 4.69) is 5.32 Å². The number of benzene rings is 1. The third-order valence-electron chi connectivity index (χ3n) is 2.42. The van der Waals surface area contributed by atoms with Crippen LogP contribution in [0.3, 0.4) is 0 Å². The Morgan fingerprint density at radius 2 is 1.74 bits per heavy atom. The summed E-state index contributed by atoms with van der Waals surface area (Å²) in [6, 6.07) is 8.11. The van der Waals surface area contributed by atoms with Gasteiger partial charge in [-0.15, -0.1) is 0 Å². The predicted molar refractivity (Wildman–Crippen MR) is 71.9 cm³/mol. The van der Waals surface area contributed by atoms with Crippen molar-refractivity contribution in [1.82, 2.24) is 5.32 Å². The monoisotopic (exact) mass is 268 g/mol. The summed E-state index contributed by atoms with van der Waals surface area (Å²) < 4.78 is 0. The zero-order chi connectivity index (χ0) is 14.8. The molecule has 19 heavy (non-hydrogen) atoms. The van der Waals surface area contributed by atoms with Gasteiger partial charge < -0.3 is 21.3 Å². The number of nitrogens with one attached hydrogen (secondary N) is 1. The first-order valence-electron chi connectivity index (χ1n) is 5.80. The molecule has 0 spiro atoms. The Hall–Kier alpha value is -1.92. The number of carbonyl (C=O) groups is 2. The first-order valence-corrected chi connectivity index (χ1v) is 5.80. The standard InChI is InChI=1S/C9H11NO2.C4H9NO2/c10-8(9(11)12)6-7-4-2-1-3-5-7;1-3(5-2)4(6)7/h1-5,8H,6,10H2,(H,11,12);3,5H,1-2H3,(H,6,7)/t8-;3-/m00/s1. The lowest BCUT2D eigenvalue weighted by atomic mass is 10.1. The quantitative estimate of drug-likeness (QED) is 0.611. The van der Waals surface area contributed by atoms with E-state index in [9.17, 15) is 9.59 Å². The summed E-state index contributed by atoms with van der Waals surface area (Å²) in [7, 11) is 1.61. The molecule has 0 saturated heterocycles. The fourth-order valence-electron chi connectivity index (χ4n) is 1.08. The average molecular weight is 268 g/mol. The van der Waals surface area contributed by atoms with E-state index >= 15 is 0 Å². The smallest absolute Gasteiger partial charge is 0.320 e. The minimum atomic E-state index is -0.959. The third kappa shape index (κ3) is 7.91. The molecule has 0 aliphatic rings. The molecule has 0 aromatic heterocycles. The highest BCUT2D eigenvalue weighted by Crippen LogP contribution is 2.01. The van der Waals surface area contributed by atoms with Gasteiger partial charge >= 0.3 is 11.9 Å². The van der Waals surface area contributed by atoms with Crippen LogP contribution in [0.1, 0.15) is 12.5 Å². The van der Waals surface area contributed by atoms with Crippen molar-refractivity contribution in [3.63, 3.8) is 0 Å². The molecule has 2 atom stereocenters. The molecule has 106 valence electrons. The first kappa shape index (κ1) is 17.1. The Balaban J connectivity index is 0.000000399. The van der Waals surface area contributed by atoms with Gasteiger partial charge in [-0.05, 0) is 26.0 Å². The van der Waals surface area contributed by atoms with Crippen molar-refractivity contribution in [1.29, 1.82) is 0 Å². The summed E-state index contributed by atoms with van der Waals surface area (Å²) in [4.78, 5) is 20.2. The number of rotatable bonds is 5. The maximum Gasteiger partial charge on any atom is 0.320 e. The summed E-state index contributed by atoms with van der Waals surface area (Å²) in [5.41, 5.74) is 6.30. The zero-order valence-electron chi connectivity index (χ0n) is 11.0. The molecule has 1 aromatic rings. The molecule has 1 aromatic carbocycles. The van der Waals surface area contributed by atoms with Crippen LogP contribution in [-0.4, -0.2) is 41.3 Å². The van der Waals surface area contributed by atoms with Crippen LogP contribution in [-0.2, 0) is 16.0 Å². The highest BCUT2D eigenvalue weighted by atomic mass is 16.4. The van der Waals surface area contributed by atoms with Gasteiger partial charge in [0.15, 0.2) is 0 Å². The highest BCUT2D eigenvalue weighted by molar-refractivity contribution is 5.73. The van der Waals surface area contributed by atoms with Crippen LogP contribution in [0.25, 0.3) is 0 Å². The summed E-state index contributed by atoms with van der Waals surface area (Å²) in [6.07, 6.45) is 0.385. The van der Waals surface area contributed by atoms with Gasteiger partial charge in [-0.3, -0.25) is 9.59 Å². The number of hydrogen-bond acceptors (Lipinski definition) is 4. The molecular weight excluding hydrogens is 248 g/mol. The second kappa shape index (κ2) is 9.07. The molecule has 0 fully saturated rings. The molecule has 0 bridgehead atoms. The molecule has 0 aliphatic heterocycles. The predicted octanol–water partition coefficient (Wildman–Crippen LogP) is 0.320. The highest BCUT2D eigenvalue weighted by Gasteiger charge is 2.10. The second-order valence-corrected chi connectivity index (χ2v) is 3.98. The van der Waals surface area contributed by atoms with Crippen molar-refractivity contribution < 1.29 is 19.8 Å². The van der Waals surface area contributed by atoms with Crippen LogP contribution >= 0.6 is 0 Å². The fourth-order valence-corrected chi connectivity index (χ4v) is 1.08. The third-order valence-corrected chi connectivity index (χ3v) is 2.42. The molecule has 0 amide bonds. The van der Waals surface area contributed by atoms with Crippen LogP contribution in [0.2, 0.25) is 0 Å². The van der Waals surface area contributed by atoms with Crippen molar-refractivity contribution in [3.8, 4) is 0 Å². The van der Waals surface area contributed by atoms with E-state index in [1.165, 1.54) is 0 Å². The number of likely N-dealkylation sites (N-methyl/N-ethyl adjacent to an activating group) is 1. The lowest BCUT2D eigenvalue weighted by molar-refractivity contribution is -0.139. The van der Waals surface area contributed by atoms with Gasteiger partial charge in [-0.2, -0.15) is 0 Å². The number of carboxylic acids is 2. The van der Waals surface area contributed by atoms with Gasteiger partial charge in [0.1, 0.15) is 12.1 Å². The summed E-state index contributed by atoms with van der Waals surface area (Å²) in [6.45, 7) is 1.59. The van der Waals surface area contributed by atoms with Crippen molar-refractivity contribution in [2.45, 2.75) is 25.4 Å². The first-order chi connectivity index (χ1) is 8.88. The summed E-state index contributed by atoms with van der Waals surface area (Å²) >= 11 is 0. The van der Waals surface area contributed by atoms with Gasteiger partial charge in [0.2, 0.25) is 0 Å². The number of nitrogens with two attached hydrogens (primary N) is 1. The lowest BCUT2D eigenvalue weighted by Gasteiger charge is -2.04. The second-order valence-electron chi connectivity index (χ2n) is 3.98. The molecule has 1 rings (SSSR count). The van der Waals surface area contributed by atoms with Crippen LogP contribution in [0.15, 0.2) is 30.3 Å². The van der Waals surface area contributed by atoms with Crippen molar-refractivity contribution in [2.75, 3.05) is 7.05 Å². The van der Waals surface area contributed by atoms with E-state index in [1.807, 2.05) is 30.3 Å². The topological polar surface area (TPSA) is 113 Å². The Kier molecular flexibility index (Phi) is 8.15. The normalized spacial score (nSPS) is 12.8. The Bertz CT molecular complexity index is 395. The van der Waals surface area contributed by atoms with Gasteiger partial charge in [0.25, 0.3) is 0 Å². The maximum absolute atomic E-state index is 10.4. The Morgan fingerprint density at radius 3 is 2.05 bits per heavy atom. The van der Waals surface area contributed by atoms with Crippen LogP contribution in [0.5, 0.6) is 0 Å². The van der Waals surface area contributed by atoms with E-state index in [1.54, 1.807) is 14.0 Å². The van der Waals surface area contributed by atoms with Crippen molar-refractivity contribution >= 4 is 11.9 Å². The lowest BCUT2D eigenvalue weighted by Crippen LogP contribution is -2.32. The van der Waals surface area contributed by atoms with E-state index in [0.29, 0.717) is 6.42 Å². The molecule has 0 heterocycles. The number of aliphatic carboxylic acids is 2. The molecule has 6 heteroatoms. The van der Waals surface area contributed by atoms with E-state index in [4.69, 9.17) is 15.9 Å². The average Bonchev–Trinajstić information content (AvgIpc) is 2.39. The van der Waals surface area contributed by atoms with E-state index in [-0.39, 0.29) is 0 Å². The molecule has 0 unspecified atom stereocenters. The van der Waals surface area contributed by atoms with Crippen LogP contribution in [0, 0.1) is 0 Å². The van der Waals surface area contributed by atoms with Crippen molar-refractivity contribution in [3.05, 3.63) is 35.9 Å². The van der Waals surface area contributed by atoms with E-state index in [0.717, 1.165) is 5.56 Å². The van der Waals surface area contributed by atoms with Gasteiger partial charge in [-0.25, -0.2) is 0 Å². The van der Waals surface area contributed by atoms with Crippen LogP contribution < -0.4 is 11.1 Å². The van der Waals surface area contributed by atoms with Gasteiger partial charge in [-0.1, -0.05) is 30.3 Å².